The maximum atomic E-state index is 13.0. The van der Waals surface area contributed by atoms with Crippen molar-refractivity contribution >= 4 is 15.7 Å². The Hall–Kier alpha value is -2.29. The summed E-state index contributed by atoms with van der Waals surface area (Å²) in [4.78, 5) is 2.26. The first kappa shape index (κ1) is 20.0. The monoisotopic (exact) mass is 417 g/mol. The molecule has 2 aliphatic rings. The summed E-state index contributed by atoms with van der Waals surface area (Å²) < 4.78 is 27.3. The molecule has 8 heteroatoms. The van der Waals surface area contributed by atoms with E-state index in [0.717, 1.165) is 55.4 Å². The number of likely N-dealkylation sites (tertiary alicyclic amines) is 1. The molecule has 2 aromatic carbocycles. The number of hydrogen-bond acceptors (Lipinski definition) is 6. The molecule has 0 spiro atoms. The molecule has 2 aliphatic heterocycles. The van der Waals surface area contributed by atoms with Gasteiger partial charge in [-0.05, 0) is 54.8 Å². The maximum absolute atomic E-state index is 13.0. The highest BCUT2D eigenvalue weighted by Gasteiger charge is 2.32. The minimum atomic E-state index is -3.86. The van der Waals surface area contributed by atoms with E-state index < -0.39 is 15.8 Å². The zero-order valence-electron chi connectivity index (χ0n) is 16.5. The molecule has 0 radical (unpaired) electrons. The summed E-state index contributed by atoms with van der Waals surface area (Å²) in [6, 6.07) is 10.0. The van der Waals surface area contributed by atoms with E-state index in [1.165, 1.54) is 16.4 Å². The summed E-state index contributed by atoms with van der Waals surface area (Å²) in [6.45, 7) is 6.01. The van der Waals surface area contributed by atoms with Crippen LogP contribution in [0.4, 0.5) is 5.69 Å². The number of benzene rings is 2. The normalized spacial score (nSPS) is 18.7. The summed E-state index contributed by atoms with van der Waals surface area (Å²) in [7, 11) is -3.86. The van der Waals surface area contributed by atoms with Crippen molar-refractivity contribution in [2.24, 2.45) is 0 Å². The molecular formula is C21H27N3O4S. The lowest BCUT2D eigenvalue weighted by Crippen LogP contribution is -2.38. The van der Waals surface area contributed by atoms with E-state index in [4.69, 9.17) is 0 Å². The number of sulfonamides is 1. The van der Waals surface area contributed by atoms with E-state index in [1.807, 2.05) is 18.2 Å². The van der Waals surface area contributed by atoms with Crippen LogP contribution >= 0.6 is 0 Å². The third-order valence-electron chi connectivity index (χ3n) is 5.87. The minimum absolute atomic E-state index is 0.174. The second kappa shape index (κ2) is 7.85. The molecule has 0 bridgehead atoms. The van der Waals surface area contributed by atoms with Crippen LogP contribution in [-0.2, 0) is 23.1 Å². The van der Waals surface area contributed by atoms with Crippen molar-refractivity contribution in [1.29, 1.82) is 0 Å². The quantitative estimate of drug-likeness (QED) is 0.693. The highest BCUT2D eigenvalue weighted by atomic mass is 32.2. The number of piperidine rings is 1. The van der Waals surface area contributed by atoms with Crippen molar-refractivity contribution in [2.75, 3.05) is 25.0 Å². The Labute approximate surface area is 171 Å². The molecule has 0 unspecified atom stereocenters. The molecule has 4 rings (SSSR count). The van der Waals surface area contributed by atoms with Crippen molar-refractivity contribution < 1.29 is 18.6 Å². The molecule has 0 amide bonds. The number of fused-ring (bicyclic) bond motifs is 1. The summed E-state index contributed by atoms with van der Waals surface area (Å²) in [5.74, 6) is -0.617. The molecule has 7 nitrogen and oxygen atoms in total. The molecule has 0 saturated carbocycles. The molecule has 2 heterocycles. The Morgan fingerprint density at radius 1 is 1.03 bits per heavy atom. The number of phenolic OH excluding ortho intramolecular Hbond substituents is 2. The highest BCUT2D eigenvalue weighted by molar-refractivity contribution is 7.89. The van der Waals surface area contributed by atoms with Gasteiger partial charge in [0.25, 0.3) is 0 Å². The van der Waals surface area contributed by atoms with Gasteiger partial charge in [0.2, 0.25) is 10.0 Å². The van der Waals surface area contributed by atoms with Gasteiger partial charge < -0.3 is 20.4 Å². The summed E-state index contributed by atoms with van der Waals surface area (Å²) in [6.07, 6.45) is 2.21. The standard InChI is InChI=1S/C21H27N3O4S/c1-2-23-9-7-17(8-10-23)22-18-4-3-15-13-24(14-16(15)11-18)29(27,28)21-6-5-19(25)12-20(21)26/h3-6,11-12,17,22,25-26H,2,7-10,13-14H2,1H3. The topological polar surface area (TPSA) is 93.1 Å². The van der Waals surface area contributed by atoms with Gasteiger partial charge in [-0.2, -0.15) is 4.31 Å². The van der Waals surface area contributed by atoms with Crippen molar-refractivity contribution in [1.82, 2.24) is 9.21 Å². The van der Waals surface area contributed by atoms with Gasteiger partial charge >= 0.3 is 0 Å². The number of rotatable bonds is 5. The number of nitrogens with zero attached hydrogens (tertiary/aromatic N) is 2. The van der Waals surface area contributed by atoms with Gasteiger partial charge in [0.15, 0.2) is 0 Å². The zero-order chi connectivity index (χ0) is 20.6. The first-order valence-electron chi connectivity index (χ1n) is 9.99. The van der Waals surface area contributed by atoms with Gasteiger partial charge in [-0.25, -0.2) is 8.42 Å². The van der Waals surface area contributed by atoms with E-state index in [1.54, 1.807) is 0 Å². The molecule has 1 fully saturated rings. The second-order valence-electron chi connectivity index (χ2n) is 7.76. The molecule has 2 aromatic rings. The fraction of sp³-hybridized carbons (Fsp3) is 0.429. The molecule has 0 aliphatic carbocycles. The van der Waals surface area contributed by atoms with E-state index in [0.29, 0.717) is 6.04 Å². The number of hydrogen-bond donors (Lipinski definition) is 3. The zero-order valence-corrected chi connectivity index (χ0v) is 17.3. The minimum Gasteiger partial charge on any atom is -0.508 e. The van der Waals surface area contributed by atoms with Crippen LogP contribution in [0, 0.1) is 0 Å². The van der Waals surface area contributed by atoms with Gasteiger partial charge in [-0.3, -0.25) is 0 Å². The van der Waals surface area contributed by atoms with Crippen LogP contribution in [0.2, 0.25) is 0 Å². The molecule has 29 heavy (non-hydrogen) atoms. The smallest absolute Gasteiger partial charge is 0.247 e. The third-order valence-corrected chi connectivity index (χ3v) is 7.70. The number of anilines is 1. The lowest BCUT2D eigenvalue weighted by atomic mass is 10.0. The van der Waals surface area contributed by atoms with Crippen molar-refractivity contribution in [2.45, 2.75) is 43.8 Å². The largest absolute Gasteiger partial charge is 0.508 e. The third kappa shape index (κ3) is 4.05. The van der Waals surface area contributed by atoms with Crippen LogP contribution in [0.15, 0.2) is 41.3 Å². The Bertz CT molecular complexity index is 1000. The van der Waals surface area contributed by atoms with Crippen molar-refractivity contribution in [3.05, 3.63) is 47.5 Å². The molecular weight excluding hydrogens is 390 g/mol. The predicted molar refractivity (Wildman–Crippen MR) is 111 cm³/mol. The summed E-state index contributed by atoms with van der Waals surface area (Å²) >= 11 is 0. The first-order valence-corrected chi connectivity index (χ1v) is 11.4. The molecule has 1 saturated heterocycles. The number of phenols is 2. The van der Waals surface area contributed by atoms with Gasteiger partial charge in [0.05, 0.1) is 0 Å². The second-order valence-corrected chi connectivity index (χ2v) is 9.67. The molecule has 3 N–H and O–H groups in total. The van der Waals surface area contributed by atoms with E-state index >= 15 is 0 Å². The van der Waals surface area contributed by atoms with Gasteiger partial charge in [-0.15, -0.1) is 0 Å². The fourth-order valence-electron chi connectivity index (χ4n) is 4.12. The summed E-state index contributed by atoms with van der Waals surface area (Å²) in [5, 5.41) is 23.0. The van der Waals surface area contributed by atoms with E-state index in [2.05, 4.69) is 17.1 Å². The van der Waals surface area contributed by atoms with E-state index in [-0.39, 0.29) is 23.7 Å². The Morgan fingerprint density at radius 3 is 2.45 bits per heavy atom. The van der Waals surface area contributed by atoms with Crippen LogP contribution in [0.5, 0.6) is 11.5 Å². The molecule has 0 atom stereocenters. The van der Waals surface area contributed by atoms with Gasteiger partial charge in [-0.1, -0.05) is 13.0 Å². The maximum Gasteiger partial charge on any atom is 0.247 e. The molecule has 156 valence electrons. The fourth-order valence-corrected chi connectivity index (χ4v) is 5.57. The lowest BCUT2D eigenvalue weighted by Gasteiger charge is -2.32. The average Bonchev–Trinajstić information content (AvgIpc) is 3.12. The van der Waals surface area contributed by atoms with Crippen LogP contribution in [-0.4, -0.2) is 53.5 Å². The van der Waals surface area contributed by atoms with Gasteiger partial charge in [0, 0.05) is 44.0 Å². The molecule has 0 aromatic heterocycles. The predicted octanol–water partition coefficient (Wildman–Crippen LogP) is 2.70. The lowest BCUT2D eigenvalue weighted by molar-refractivity contribution is 0.229. The number of aromatic hydroxyl groups is 2. The Balaban J connectivity index is 1.47. The Morgan fingerprint density at radius 2 is 1.76 bits per heavy atom. The van der Waals surface area contributed by atoms with Crippen LogP contribution in [0.3, 0.4) is 0 Å². The van der Waals surface area contributed by atoms with Crippen molar-refractivity contribution in [3.8, 4) is 11.5 Å². The van der Waals surface area contributed by atoms with Crippen LogP contribution < -0.4 is 5.32 Å². The highest BCUT2D eigenvalue weighted by Crippen LogP contribution is 2.35. The number of nitrogens with one attached hydrogen (secondary N) is 1. The first-order chi connectivity index (χ1) is 13.9. The average molecular weight is 418 g/mol. The SMILES string of the molecule is CCN1CCC(Nc2ccc3c(c2)CN(S(=O)(=O)c2ccc(O)cc2O)C3)CC1. The van der Waals surface area contributed by atoms with Crippen LogP contribution in [0.25, 0.3) is 0 Å². The van der Waals surface area contributed by atoms with Crippen LogP contribution in [0.1, 0.15) is 30.9 Å². The Kier molecular flexibility index (Phi) is 5.42. The van der Waals surface area contributed by atoms with E-state index in [9.17, 15) is 18.6 Å². The summed E-state index contributed by atoms with van der Waals surface area (Å²) in [5.41, 5.74) is 2.96. The van der Waals surface area contributed by atoms with Gasteiger partial charge in [0.1, 0.15) is 16.4 Å². The van der Waals surface area contributed by atoms with Crippen molar-refractivity contribution in [3.63, 3.8) is 0 Å².